The SMILES string of the molecule is CCN(C)C1CCC(N(CC)c2scc(C(=O)C=O)c2C)CC1. The van der Waals surface area contributed by atoms with Crippen LogP contribution in [0.3, 0.4) is 0 Å². The van der Waals surface area contributed by atoms with E-state index in [1.165, 1.54) is 25.7 Å². The minimum Gasteiger partial charge on any atom is -0.361 e. The van der Waals surface area contributed by atoms with E-state index < -0.39 is 5.78 Å². The quantitative estimate of drug-likeness (QED) is 0.434. The van der Waals surface area contributed by atoms with E-state index in [-0.39, 0.29) is 0 Å². The van der Waals surface area contributed by atoms with Crippen LogP contribution in [0.5, 0.6) is 0 Å². The number of nitrogens with zero attached hydrogens (tertiary/aromatic N) is 2. The molecule has 1 heterocycles. The lowest BCUT2D eigenvalue weighted by Gasteiger charge is -2.40. The predicted molar refractivity (Wildman–Crippen MR) is 96.8 cm³/mol. The van der Waals surface area contributed by atoms with E-state index in [9.17, 15) is 9.59 Å². The molecule has 0 unspecified atom stereocenters. The van der Waals surface area contributed by atoms with Crippen molar-refractivity contribution < 1.29 is 9.59 Å². The zero-order valence-corrected chi connectivity index (χ0v) is 15.5. The minimum absolute atomic E-state index is 0.408. The maximum absolute atomic E-state index is 11.7. The zero-order chi connectivity index (χ0) is 17.0. The van der Waals surface area contributed by atoms with Crippen molar-refractivity contribution in [2.45, 2.75) is 58.5 Å². The summed E-state index contributed by atoms with van der Waals surface area (Å²) in [6.45, 7) is 8.39. The normalized spacial score (nSPS) is 21.4. The summed E-state index contributed by atoms with van der Waals surface area (Å²) in [4.78, 5) is 27.4. The molecule has 1 saturated carbocycles. The maximum atomic E-state index is 11.7. The first-order valence-corrected chi connectivity index (χ1v) is 9.45. The number of Topliss-reactive ketones (excluding diaryl/α,β-unsaturated/α-hetero) is 1. The highest BCUT2D eigenvalue weighted by molar-refractivity contribution is 7.14. The summed E-state index contributed by atoms with van der Waals surface area (Å²) in [5.41, 5.74) is 1.53. The highest BCUT2D eigenvalue weighted by atomic mass is 32.1. The fraction of sp³-hybridized carbons (Fsp3) is 0.667. The van der Waals surface area contributed by atoms with Crippen LogP contribution in [-0.2, 0) is 4.79 Å². The summed E-state index contributed by atoms with van der Waals surface area (Å²) >= 11 is 1.59. The third-order valence-corrected chi connectivity index (χ3v) is 6.33. The number of aldehydes is 1. The summed E-state index contributed by atoms with van der Waals surface area (Å²) < 4.78 is 0. The Bertz CT molecular complexity index is 547. The van der Waals surface area contributed by atoms with Crippen molar-refractivity contribution in [1.82, 2.24) is 4.90 Å². The first kappa shape index (κ1) is 18.1. The Hall–Kier alpha value is -1.20. The maximum Gasteiger partial charge on any atom is 0.226 e. The van der Waals surface area contributed by atoms with Gasteiger partial charge in [-0.25, -0.2) is 0 Å². The molecule has 0 saturated heterocycles. The van der Waals surface area contributed by atoms with E-state index in [0.717, 1.165) is 23.7 Å². The lowest BCUT2D eigenvalue weighted by Crippen LogP contribution is -2.43. The van der Waals surface area contributed by atoms with Crippen molar-refractivity contribution in [3.05, 3.63) is 16.5 Å². The highest BCUT2D eigenvalue weighted by Crippen LogP contribution is 2.36. The molecule has 0 spiro atoms. The number of rotatable bonds is 7. The Morgan fingerprint density at radius 1 is 1.22 bits per heavy atom. The molecular weight excluding hydrogens is 308 g/mol. The lowest BCUT2D eigenvalue weighted by atomic mass is 9.89. The van der Waals surface area contributed by atoms with Gasteiger partial charge in [-0.3, -0.25) is 9.59 Å². The second-order valence-electron chi connectivity index (χ2n) is 6.38. The van der Waals surface area contributed by atoms with Crippen molar-refractivity contribution in [3.8, 4) is 0 Å². The van der Waals surface area contributed by atoms with Crippen molar-refractivity contribution in [3.63, 3.8) is 0 Å². The highest BCUT2D eigenvalue weighted by Gasteiger charge is 2.29. The van der Waals surface area contributed by atoms with Crippen molar-refractivity contribution in [2.24, 2.45) is 0 Å². The summed E-state index contributed by atoms with van der Waals surface area (Å²) in [5.74, 6) is -0.408. The Morgan fingerprint density at radius 3 is 2.35 bits per heavy atom. The monoisotopic (exact) mass is 336 g/mol. The third kappa shape index (κ3) is 3.83. The average Bonchev–Trinajstić information content (AvgIpc) is 2.96. The van der Waals surface area contributed by atoms with Crippen LogP contribution in [0.2, 0.25) is 0 Å². The second-order valence-corrected chi connectivity index (χ2v) is 7.24. The molecule has 1 aliphatic carbocycles. The largest absolute Gasteiger partial charge is 0.361 e. The van der Waals surface area contributed by atoms with Gasteiger partial charge in [0.25, 0.3) is 0 Å². The van der Waals surface area contributed by atoms with Gasteiger partial charge < -0.3 is 9.80 Å². The molecule has 0 atom stereocenters. The van der Waals surface area contributed by atoms with Crippen LogP contribution in [0.4, 0.5) is 5.00 Å². The molecule has 0 aromatic carbocycles. The molecule has 0 N–H and O–H groups in total. The number of carbonyl (C=O) groups excluding carboxylic acids is 2. The molecule has 1 aromatic heterocycles. The summed E-state index contributed by atoms with van der Waals surface area (Å²) in [5, 5.41) is 2.99. The van der Waals surface area contributed by atoms with Crippen LogP contribution in [0.15, 0.2) is 5.38 Å². The van der Waals surface area contributed by atoms with E-state index >= 15 is 0 Å². The van der Waals surface area contributed by atoms with Crippen LogP contribution >= 0.6 is 11.3 Å². The summed E-state index contributed by atoms with van der Waals surface area (Å²) in [7, 11) is 2.21. The fourth-order valence-corrected chi connectivity index (χ4v) is 4.86. The van der Waals surface area contributed by atoms with Crippen LogP contribution < -0.4 is 4.90 Å². The Kier molecular flexibility index (Phi) is 6.36. The number of anilines is 1. The molecule has 2 rings (SSSR count). The van der Waals surface area contributed by atoms with E-state index in [1.807, 2.05) is 12.3 Å². The number of carbonyl (C=O) groups is 2. The van der Waals surface area contributed by atoms with Gasteiger partial charge in [-0.2, -0.15) is 0 Å². The van der Waals surface area contributed by atoms with E-state index in [2.05, 4.69) is 30.7 Å². The molecule has 1 aromatic rings. The van der Waals surface area contributed by atoms with Gasteiger partial charge >= 0.3 is 0 Å². The molecule has 0 amide bonds. The lowest BCUT2D eigenvalue weighted by molar-refractivity contribution is -0.104. The Labute approximate surface area is 143 Å². The van der Waals surface area contributed by atoms with Gasteiger partial charge in [0.1, 0.15) is 0 Å². The second kappa shape index (κ2) is 8.06. The average molecular weight is 337 g/mol. The summed E-state index contributed by atoms with van der Waals surface area (Å²) in [6, 6.07) is 1.24. The zero-order valence-electron chi connectivity index (χ0n) is 14.7. The molecule has 0 bridgehead atoms. The molecule has 23 heavy (non-hydrogen) atoms. The van der Waals surface area contributed by atoms with Gasteiger partial charge in [0, 0.05) is 29.6 Å². The number of thiophene rings is 1. The molecule has 0 aliphatic heterocycles. The van der Waals surface area contributed by atoms with Crippen molar-refractivity contribution in [1.29, 1.82) is 0 Å². The van der Waals surface area contributed by atoms with Crippen LogP contribution in [0.25, 0.3) is 0 Å². The molecule has 128 valence electrons. The van der Waals surface area contributed by atoms with Crippen LogP contribution in [0, 0.1) is 6.92 Å². The molecule has 1 fully saturated rings. The van der Waals surface area contributed by atoms with Gasteiger partial charge in [-0.05, 0) is 58.7 Å². The smallest absolute Gasteiger partial charge is 0.226 e. The number of ketones is 1. The standard InChI is InChI=1S/C18H28N2O2S/c1-5-19(4)14-7-9-15(10-8-14)20(6-2)18-13(3)16(12-23-18)17(22)11-21/h11-12,14-15H,5-10H2,1-4H3. The molecule has 4 nitrogen and oxygen atoms in total. The van der Waals surface area contributed by atoms with Gasteiger partial charge in [0.05, 0.1) is 5.00 Å². The molecule has 1 aliphatic rings. The van der Waals surface area contributed by atoms with Crippen molar-refractivity contribution in [2.75, 3.05) is 25.0 Å². The van der Waals surface area contributed by atoms with E-state index in [1.54, 1.807) is 11.3 Å². The Balaban J connectivity index is 2.11. The Morgan fingerprint density at radius 2 is 1.83 bits per heavy atom. The van der Waals surface area contributed by atoms with Gasteiger partial charge in [-0.15, -0.1) is 11.3 Å². The fourth-order valence-electron chi connectivity index (χ4n) is 3.63. The number of hydrogen-bond donors (Lipinski definition) is 0. The minimum atomic E-state index is -0.408. The van der Waals surface area contributed by atoms with Gasteiger partial charge in [0.15, 0.2) is 6.29 Å². The van der Waals surface area contributed by atoms with E-state index in [4.69, 9.17) is 0 Å². The van der Waals surface area contributed by atoms with Gasteiger partial charge in [-0.1, -0.05) is 6.92 Å². The predicted octanol–water partition coefficient (Wildman–Crippen LogP) is 3.53. The van der Waals surface area contributed by atoms with Crippen molar-refractivity contribution >= 4 is 28.4 Å². The van der Waals surface area contributed by atoms with E-state index in [0.29, 0.717) is 23.9 Å². The van der Waals surface area contributed by atoms with Crippen LogP contribution in [0.1, 0.15) is 55.5 Å². The summed E-state index contributed by atoms with van der Waals surface area (Å²) in [6.07, 6.45) is 5.27. The third-order valence-electron chi connectivity index (χ3n) is 5.22. The number of hydrogen-bond acceptors (Lipinski definition) is 5. The first-order chi connectivity index (χ1) is 11.0. The molecular formula is C18H28N2O2S. The van der Waals surface area contributed by atoms with Gasteiger partial charge in [0.2, 0.25) is 5.78 Å². The molecule has 0 radical (unpaired) electrons. The molecule has 5 heteroatoms. The first-order valence-electron chi connectivity index (χ1n) is 8.57. The topological polar surface area (TPSA) is 40.6 Å². The van der Waals surface area contributed by atoms with Crippen LogP contribution in [-0.4, -0.2) is 49.2 Å².